The molecule has 1 saturated heterocycles. The van der Waals surface area contributed by atoms with Crippen LogP contribution < -0.4 is 9.64 Å². The van der Waals surface area contributed by atoms with E-state index in [1.54, 1.807) is 12.1 Å². The van der Waals surface area contributed by atoms with E-state index >= 15 is 4.39 Å². The predicted octanol–water partition coefficient (Wildman–Crippen LogP) is 4.97. The smallest absolute Gasteiger partial charge is 0.229 e. The zero-order valence-corrected chi connectivity index (χ0v) is 19.2. The number of hydrogen-bond donors (Lipinski definition) is 0. The maximum Gasteiger partial charge on any atom is 0.229 e. The molecule has 2 aromatic carbocycles. The first-order valence-electron chi connectivity index (χ1n) is 10.4. The van der Waals surface area contributed by atoms with Gasteiger partial charge in [-0.2, -0.15) is 4.98 Å². The number of rotatable bonds is 7. The fourth-order valence-corrected chi connectivity index (χ4v) is 4.08. The van der Waals surface area contributed by atoms with Crippen LogP contribution in [0.3, 0.4) is 0 Å². The highest BCUT2D eigenvalue weighted by atomic mass is 35.5. The number of aromatic nitrogens is 2. The molecular weight excluding hydrogens is 427 g/mol. The van der Waals surface area contributed by atoms with Gasteiger partial charge < -0.3 is 14.5 Å². The molecule has 0 spiro atoms. The molecule has 5 nitrogen and oxygen atoms in total. The van der Waals surface area contributed by atoms with Gasteiger partial charge in [0, 0.05) is 36.1 Å². The monoisotopic (exact) mass is 452 g/mol. The zero-order valence-electron chi connectivity index (χ0n) is 18.5. The quantitative estimate of drug-likeness (QED) is 0.473. The molecular formula is C25H26ClFN4O. The second-order valence-electron chi connectivity index (χ2n) is 8.07. The molecule has 166 valence electrons. The Hall–Kier alpha value is -2.96. The second-order valence-corrected chi connectivity index (χ2v) is 8.48. The third-order valence-electron chi connectivity index (χ3n) is 5.83. The van der Waals surface area contributed by atoms with E-state index in [1.165, 1.54) is 7.11 Å². The second kappa shape index (κ2) is 9.27. The van der Waals surface area contributed by atoms with E-state index < -0.39 is 5.82 Å². The lowest BCUT2D eigenvalue weighted by Crippen LogP contribution is -2.58. The summed E-state index contributed by atoms with van der Waals surface area (Å²) in [6.07, 6.45) is 5.85. The summed E-state index contributed by atoms with van der Waals surface area (Å²) >= 11 is 6.54. The highest BCUT2D eigenvalue weighted by Crippen LogP contribution is 2.35. The van der Waals surface area contributed by atoms with Crippen LogP contribution in [0.2, 0.25) is 5.02 Å². The van der Waals surface area contributed by atoms with E-state index in [1.807, 2.05) is 55.4 Å². The molecule has 32 heavy (non-hydrogen) atoms. The number of ether oxygens (including phenoxy) is 1. The number of nitrogens with zero attached hydrogens (tertiary/aromatic N) is 4. The van der Waals surface area contributed by atoms with Crippen LogP contribution in [-0.2, 0) is 6.42 Å². The van der Waals surface area contributed by atoms with Crippen LogP contribution in [0.4, 0.5) is 10.3 Å². The largest absolute Gasteiger partial charge is 0.480 e. The van der Waals surface area contributed by atoms with Gasteiger partial charge in [0.15, 0.2) is 5.82 Å². The summed E-state index contributed by atoms with van der Waals surface area (Å²) in [6, 6.07) is 9.95. The Morgan fingerprint density at radius 2 is 2.03 bits per heavy atom. The molecule has 0 unspecified atom stereocenters. The molecule has 0 atom stereocenters. The van der Waals surface area contributed by atoms with Gasteiger partial charge in [0.1, 0.15) is 5.52 Å². The first kappa shape index (κ1) is 22.2. The van der Waals surface area contributed by atoms with Crippen molar-refractivity contribution < 1.29 is 9.13 Å². The molecule has 0 amide bonds. The number of anilines is 1. The summed E-state index contributed by atoms with van der Waals surface area (Å²) in [5.41, 5.74) is 2.57. The van der Waals surface area contributed by atoms with Crippen molar-refractivity contribution in [3.8, 4) is 5.88 Å². The van der Waals surface area contributed by atoms with Crippen molar-refractivity contribution in [3.63, 3.8) is 0 Å². The van der Waals surface area contributed by atoms with E-state index in [9.17, 15) is 0 Å². The summed E-state index contributed by atoms with van der Waals surface area (Å²) in [5, 5.41) is 0.788. The van der Waals surface area contributed by atoms with Gasteiger partial charge in [-0.25, -0.2) is 9.37 Å². The van der Waals surface area contributed by atoms with E-state index in [2.05, 4.69) is 21.4 Å². The van der Waals surface area contributed by atoms with Crippen LogP contribution in [0.25, 0.3) is 17.0 Å². The van der Waals surface area contributed by atoms with Crippen molar-refractivity contribution in [2.24, 2.45) is 0 Å². The van der Waals surface area contributed by atoms with Crippen molar-refractivity contribution in [3.05, 3.63) is 76.6 Å². The maximum absolute atomic E-state index is 15.8. The van der Waals surface area contributed by atoms with Gasteiger partial charge >= 0.3 is 0 Å². The lowest BCUT2D eigenvalue weighted by molar-refractivity contribution is 0.244. The molecule has 0 N–H and O–H groups in total. The molecule has 0 radical (unpaired) electrons. The van der Waals surface area contributed by atoms with Crippen molar-refractivity contribution >= 4 is 34.5 Å². The number of likely N-dealkylation sites (N-methyl/N-ethyl adjacent to an activating group) is 1. The van der Waals surface area contributed by atoms with Crippen molar-refractivity contribution in [2.45, 2.75) is 12.5 Å². The summed E-state index contributed by atoms with van der Waals surface area (Å²) < 4.78 is 21.3. The zero-order chi connectivity index (χ0) is 22.8. The number of hydrogen-bond acceptors (Lipinski definition) is 5. The molecule has 1 aliphatic rings. The Kier molecular flexibility index (Phi) is 6.44. The number of halogens is 2. The molecule has 3 aromatic rings. The first-order valence-corrected chi connectivity index (χ1v) is 10.8. The van der Waals surface area contributed by atoms with Gasteiger partial charge in [-0.1, -0.05) is 60.7 Å². The van der Waals surface area contributed by atoms with Crippen LogP contribution in [-0.4, -0.2) is 55.2 Å². The maximum atomic E-state index is 15.8. The highest BCUT2D eigenvalue weighted by molar-refractivity contribution is 6.32. The topological polar surface area (TPSA) is 41.5 Å². The molecule has 0 saturated carbocycles. The van der Waals surface area contributed by atoms with E-state index in [0.717, 1.165) is 24.2 Å². The first-order chi connectivity index (χ1) is 15.4. The molecule has 0 aliphatic carbocycles. The Morgan fingerprint density at radius 3 is 2.72 bits per heavy atom. The van der Waals surface area contributed by atoms with Crippen LogP contribution in [0.5, 0.6) is 5.88 Å². The average Bonchev–Trinajstić information content (AvgIpc) is 2.74. The molecule has 4 rings (SSSR count). The summed E-state index contributed by atoms with van der Waals surface area (Å²) in [4.78, 5) is 13.3. The number of fused-ring (bicyclic) bond motifs is 1. The van der Waals surface area contributed by atoms with Gasteiger partial charge in [-0.3, -0.25) is 0 Å². The van der Waals surface area contributed by atoms with Crippen LogP contribution in [0, 0.1) is 5.82 Å². The number of allylic oxidation sites excluding steroid dienone is 2. The molecule has 1 fully saturated rings. The summed E-state index contributed by atoms with van der Waals surface area (Å²) in [6.45, 7) is 5.28. The molecule has 0 bridgehead atoms. The normalized spacial score (nSPS) is 14.4. The van der Waals surface area contributed by atoms with Gasteiger partial charge in [-0.15, -0.1) is 0 Å². The van der Waals surface area contributed by atoms with Crippen molar-refractivity contribution in [1.29, 1.82) is 0 Å². The summed E-state index contributed by atoms with van der Waals surface area (Å²) in [5.74, 6) is 0.343. The van der Waals surface area contributed by atoms with E-state index in [0.29, 0.717) is 40.3 Å². The Bertz CT molecular complexity index is 1190. The van der Waals surface area contributed by atoms with Crippen molar-refractivity contribution in [2.75, 3.05) is 39.2 Å². The van der Waals surface area contributed by atoms with Gasteiger partial charge in [-0.05, 0) is 31.3 Å². The van der Waals surface area contributed by atoms with Crippen LogP contribution >= 0.6 is 11.6 Å². The fourth-order valence-electron chi connectivity index (χ4n) is 3.82. The number of methoxy groups -OCH3 is 1. The van der Waals surface area contributed by atoms with Crippen LogP contribution in [0.15, 0.2) is 49.1 Å². The van der Waals surface area contributed by atoms with Crippen LogP contribution in [0.1, 0.15) is 16.7 Å². The minimum absolute atomic E-state index is 0.221. The fraction of sp³-hybridized carbons (Fsp3) is 0.280. The predicted molar refractivity (Wildman–Crippen MR) is 129 cm³/mol. The third kappa shape index (κ3) is 4.20. The average molecular weight is 453 g/mol. The summed E-state index contributed by atoms with van der Waals surface area (Å²) in [7, 11) is 5.60. The number of benzene rings is 2. The Labute approximate surface area is 192 Å². The van der Waals surface area contributed by atoms with Gasteiger partial charge in [0.05, 0.1) is 12.5 Å². The molecule has 2 heterocycles. The third-order valence-corrected chi connectivity index (χ3v) is 6.17. The van der Waals surface area contributed by atoms with E-state index in [-0.39, 0.29) is 5.52 Å². The Morgan fingerprint density at radius 1 is 1.28 bits per heavy atom. The molecule has 7 heteroatoms. The highest BCUT2D eigenvalue weighted by Gasteiger charge is 2.31. The SMILES string of the molecule is C=C/C=C\c1ccccc1Cc1c(Cl)cc2c(OC)nc(N3CC(N(C)C)C3)nc2c1F. The van der Waals surface area contributed by atoms with Gasteiger partial charge in [0.2, 0.25) is 11.8 Å². The minimum Gasteiger partial charge on any atom is -0.480 e. The van der Waals surface area contributed by atoms with E-state index in [4.69, 9.17) is 16.3 Å². The minimum atomic E-state index is -0.443. The molecule has 1 aromatic heterocycles. The standard InChI is InChI=1S/C25H26ClFN4O/c1-5-6-9-16-10-7-8-11-17(16)12-19-21(26)13-20-23(22(19)27)28-25(29-24(20)32-4)31-14-18(15-31)30(2)3/h5-11,13,18H,1,12,14-15H2,2-4H3/b9-6-. The van der Waals surface area contributed by atoms with Gasteiger partial charge in [0.25, 0.3) is 0 Å². The van der Waals surface area contributed by atoms with Crippen molar-refractivity contribution in [1.82, 2.24) is 14.9 Å². The molecule has 1 aliphatic heterocycles. The Balaban J connectivity index is 1.77. The lowest BCUT2D eigenvalue weighted by atomic mass is 9.98. The lowest BCUT2D eigenvalue weighted by Gasteiger charge is -2.42.